The van der Waals surface area contributed by atoms with Crippen LogP contribution in [0.15, 0.2) is 109 Å². The molecule has 10 radical (unpaired) electrons. The van der Waals surface area contributed by atoms with Gasteiger partial charge in [-0.3, -0.25) is 0 Å². The number of aromatic nitrogens is 3. The highest BCUT2D eigenvalue weighted by atomic mass is 32.1. The quantitative estimate of drug-likeness (QED) is 0.246. The molecule has 3 heterocycles. The Morgan fingerprint density at radius 3 is 1.57 bits per heavy atom. The predicted octanol–water partition coefficient (Wildman–Crippen LogP) is 5.24. The molecule has 0 aliphatic heterocycles. The lowest BCUT2D eigenvalue weighted by atomic mass is 9.60. The summed E-state index contributed by atoms with van der Waals surface area (Å²) in [5.74, 6) is 1.18. The van der Waals surface area contributed by atoms with Crippen molar-refractivity contribution < 1.29 is 0 Å². The molecule has 0 spiro atoms. The molecule has 3 nitrogen and oxygen atoms in total. The summed E-state index contributed by atoms with van der Waals surface area (Å²) in [4.78, 5) is 14.6. The van der Waals surface area contributed by atoms with Crippen LogP contribution in [0.5, 0.6) is 0 Å². The highest BCUT2D eigenvalue weighted by molar-refractivity contribution is 7.27. The SMILES string of the molecule is [B]c1c([B])c([B])c(-c2nc(-c3ccccc3)nc(-c3ccc4sc5c(-c6cccc7c6sc6ccccc67)cccc5c4c3)n2)c([B])c1[B]. The number of thiophene rings is 2. The molecule has 0 fully saturated rings. The van der Waals surface area contributed by atoms with Crippen LogP contribution < -0.4 is 27.3 Å². The third-order valence-electron chi connectivity index (χ3n) is 9.04. The molecule has 0 saturated heterocycles. The van der Waals surface area contributed by atoms with Gasteiger partial charge in [0.05, 0.1) is 0 Å². The minimum atomic E-state index is 0.133. The van der Waals surface area contributed by atoms with E-state index in [9.17, 15) is 0 Å². The molecular weight excluding hydrogens is 629 g/mol. The lowest BCUT2D eigenvalue weighted by Crippen LogP contribution is -2.55. The maximum Gasteiger partial charge on any atom is 0.164 e. The Bertz CT molecular complexity index is 2760. The molecule has 0 amide bonds. The Hall–Kier alpha value is -4.91. The van der Waals surface area contributed by atoms with Crippen molar-refractivity contribution in [2.45, 2.75) is 0 Å². The van der Waals surface area contributed by atoms with Gasteiger partial charge in [0.15, 0.2) is 17.5 Å². The second-order valence-electron chi connectivity index (χ2n) is 11.9. The fraction of sp³-hybridized carbons (Fsp3) is 0. The van der Waals surface area contributed by atoms with Gasteiger partial charge in [-0.1, -0.05) is 95.9 Å². The van der Waals surface area contributed by atoms with Gasteiger partial charge < -0.3 is 0 Å². The van der Waals surface area contributed by atoms with Crippen LogP contribution >= 0.6 is 22.7 Å². The van der Waals surface area contributed by atoms with Gasteiger partial charge in [-0.15, -0.1) is 39.1 Å². The van der Waals surface area contributed by atoms with Crippen LogP contribution in [0.3, 0.4) is 0 Å². The summed E-state index contributed by atoms with van der Waals surface area (Å²) in [5, 5.41) is 4.86. The van der Waals surface area contributed by atoms with E-state index in [1.165, 1.54) is 46.1 Å². The van der Waals surface area contributed by atoms with Crippen LogP contribution in [-0.2, 0) is 0 Å². The van der Waals surface area contributed by atoms with Gasteiger partial charge in [-0.2, -0.15) is 0 Å². The Labute approximate surface area is 297 Å². The molecule has 0 N–H and O–H groups in total. The molecule has 0 bridgehead atoms. The lowest BCUT2D eigenvalue weighted by molar-refractivity contribution is 1.08. The molecule has 3 aromatic heterocycles. The van der Waals surface area contributed by atoms with Crippen LogP contribution in [0.4, 0.5) is 0 Å². The van der Waals surface area contributed by atoms with Crippen molar-refractivity contribution >= 4 is 130 Å². The summed E-state index contributed by atoms with van der Waals surface area (Å²) in [5.41, 5.74) is 5.15. The van der Waals surface area contributed by atoms with Crippen molar-refractivity contribution in [1.82, 2.24) is 15.0 Å². The summed E-state index contributed by atoms with van der Waals surface area (Å²) in [6, 6.07) is 37.8. The first kappa shape index (κ1) is 30.2. The number of rotatable bonds is 4. The molecule has 0 aliphatic carbocycles. The summed E-state index contributed by atoms with van der Waals surface area (Å²) < 4.78 is 4.98. The van der Waals surface area contributed by atoms with E-state index in [1.807, 2.05) is 47.7 Å². The molecular formula is C39H18B5N3S2. The van der Waals surface area contributed by atoms with Crippen molar-refractivity contribution in [3.8, 4) is 45.3 Å². The molecule has 0 saturated carbocycles. The molecule has 9 aromatic rings. The maximum absolute atomic E-state index is 6.47. The van der Waals surface area contributed by atoms with Gasteiger partial charge in [0.1, 0.15) is 39.2 Å². The van der Waals surface area contributed by atoms with Crippen LogP contribution in [0.1, 0.15) is 0 Å². The van der Waals surface area contributed by atoms with E-state index < -0.39 is 0 Å². The minimum Gasteiger partial charge on any atom is -0.208 e. The molecule has 6 aromatic carbocycles. The third-order valence-corrected chi connectivity index (χ3v) is 11.5. The van der Waals surface area contributed by atoms with Gasteiger partial charge in [-0.05, 0) is 24.3 Å². The number of hydrogen-bond acceptors (Lipinski definition) is 5. The summed E-state index contributed by atoms with van der Waals surface area (Å²) in [6.45, 7) is 0. The van der Waals surface area contributed by atoms with Crippen LogP contribution in [0.2, 0.25) is 0 Å². The zero-order valence-corrected chi connectivity index (χ0v) is 27.6. The van der Waals surface area contributed by atoms with E-state index in [4.69, 9.17) is 54.2 Å². The van der Waals surface area contributed by atoms with E-state index in [0.29, 0.717) is 17.2 Å². The highest BCUT2D eigenvalue weighted by Gasteiger charge is 2.20. The minimum absolute atomic E-state index is 0.133. The van der Waals surface area contributed by atoms with Crippen LogP contribution in [0, 0.1) is 0 Å². The third kappa shape index (κ3) is 4.80. The monoisotopic (exact) mass is 647 g/mol. The van der Waals surface area contributed by atoms with E-state index in [2.05, 4.69) is 72.8 Å². The maximum atomic E-state index is 6.47. The van der Waals surface area contributed by atoms with E-state index in [1.54, 1.807) is 11.3 Å². The number of nitrogens with zero attached hydrogens (tertiary/aromatic N) is 3. The molecule has 0 unspecified atom stereocenters. The fourth-order valence-corrected chi connectivity index (χ4v) is 8.97. The average Bonchev–Trinajstić information content (AvgIpc) is 3.72. The fourth-order valence-electron chi connectivity index (χ4n) is 6.53. The number of fused-ring (bicyclic) bond motifs is 6. The second-order valence-corrected chi connectivity index (χ2v) is 14.0. The van der Waals surface area contributed by atoms with Gasteiger partial charge in [0.2, 0.25) is 0 Å². The highest BCUT2D eigenvalue weighted by Crippen LogP contribution is 2.45. The first-order chi connectivity index (χ1) is 23.9. The van der Waals surface area contributed by atoms with Crippen LogP contribution in [-0.4, -0.2) is 54.2 Å². The van der Waals surface area contributed by atoms with Gasteiger partial charge in [0.25, 0.3) is 0 Å². The first-order valence-electron chi connectivity index (χ1n) is 15.6. The molecule has 9 rings (SSSR count). The van der Waals surface area contributed by atoms with Crippen molar-refractivity contribution in [2.24, 2.45) is 0 Å². The van der Waals surface area contributed by atoms with Gasteiger partial charge in [-0.25, -0.2) is 15.0 Å². The smallest absolute Gasteiger partial charge is 0.164 e. The van der Waals surface area contributed by atoms with E-state index in [-0.39, 0.29) is 33.1 Å². The van der Waals surface area contributed by atoms with Crippen molar-refractivity contribution in [2.75, 3.05) is 0 Å². The van der Waals surface area contributed by atoms with Gasteiger partial charge in [0, 0.05) is 68.2 Å². The van der Waals surface area contributed by atoms with Crippen LogP contribution in [0.25, 0.3) is 85.6 Å². The first-order valence-corrected chi connectivity index (χ1v) is 17.2. The molecule has 49 heavy (non-hydrogen) atoms. The molecule has 0 atom stereocenters. The lowest BCUT2D eigenvalue weighted by Gasteiger charge is -2.20. The Morgan fingerprint density at radius 2 is 0.898 bits per heavy atom. The molecule has 0 aliphatic rings. The summed E-state index contributed by atoms with van der Waals surface area (Å²) in [7, 11) is 31.5. The number of benzene rings is 6. The Kier molecular flexibility index (Phi) is 7.15. The molecule has 10 heteroatoms. The zero-order chi connectivity index (χ0) is 33.4. The summed E-state index contributed by atoms with van der Waals surface area (Å²) >= 11 is 3.63. The van der Waals surface area contributed by atoms with E-state index in [0.717, 1.165) is 16.5 Å². The standard InChI is InChI=1S/C39H18B5N3S2/c40-30-29(31(41)33(43)34(44)32(30)42)39-46-37(19-8-2-1-3-9-19)45-38(47-39)20-16-17-28-26(18-20)25-14-7-13-24(36(25)49-28)23-12-6-11-22-21-10-4-5-15-27(21)48-35(22)23/h1-18H. The second kappa shape index (κ2) is 11.6. The summed E-state index contributed by atoms with van der Waals surface area (Å²) in [6.07, 6.45) is 0. The van der Waals surface area contributed by atoms with E-state index >= 15 is 0 Å². The normalized spacial score (nSPS) is 11.7. The largest absolute Gasteiger partial charge is 0.208 e. The predicted molar refractivity (Wildman–Crippen MR) is 214 cm³/mol. The molecule has 216 valence electrons. The average molecular weight is 647 g/mol. The number of hydrogen-bond donors (Lipinski definition) is 0. The van der Waals surface area contributed by atoms with Crippen molar-refractivity contribution in [3.63, 3.8) is 0 Å². The van der Waals surface area contributed by atoms with Gasteiger partial charge >= 0.3 is 0 Å². The Morgan fingerprint density at radius 1 is 0.388 bits per heavy atom. The van der Waals surface area contributed by atoms with Crippen molar-refractivity contribution in [1.29, 1.82) is 0 Å². The topological polar surface area (TPSA) is 38.7 Å². The Balaban J connectivity index is 1.25. The zero-order valence-electron chi connectivity index (χ0n) is 25.9. The van der Waals surface area contributed by atoms with Crippen molar-refractivity contribution in [3.05, 3.63) is 109 Å².